The van der Waals surface area contributed by atoms with Gasteiger partial charge in [-0.25, -0.2) is 13.6 Å². The Morgan fingerprint density at radius 2 is 1.81 bits per heavy atom. The third kappa shape index (κ3) is 4.04. The van der Waals surface area contributed by atoms with Crippen molar-refractivity contribution >= 4 is 11.6 Å². The first-order valence-corrected chi connectivity index (χ1v) is 9.76. The lowest BCUT2D eigenvalue weighted by molar-refractivity contribution is 0.101. The molecule has 2 heterocycles. The molecule has 0 radical (unpaired) electrons. The largest absolute Gasteiger partial charge is 0.437 e. The SMILES string of the molecule is CCc1cnc(-c2ccc(NC(=O)c3c(F)cccc3F)cc2)cc1-c1nn(C)c(=O)o1. The Kier molecular flexibility index (Phi) is 5.63. The van der Waals surface area contributed by atoms with E-state index in [1.165, 1.54) is 13.1 Å². The van der Waals surface area contributed by atoms with Crippen LogP contribution in [0.25, 0.3) is 22.7 Å². The summed E-state index contributed by atoms with van der Waals surface area (Å²) < 4.78 is 34.0. The number of carbonyl (C=O) groups excluding carboxylic acids is 1. The van der Waals surface area contributed by atoms with Crippen LogP contribution in [0, 0.1) is 11.6 Å². The quantitative estimate of drug-likeness (QED) is 0.507. The molecule has 0 atom stereocenters. The molecule has 1 amide bonds. The summed E-state index contributed by atoms with van der Waals surface area (Å²) in [4.78, 5) is 28.4. The molecule has 0 saturated heterocycles. The molecule has 0 bridgehead atoms. The fourth-order valence-corrected chi connectivity index (χ4v) is 3.21. The van der Waals surface area contributed by atoms with Crippen LogP contribution >= 0.6 is 0 Å². The van der Waals surface area contributed by atoms with Crippen LogP contribution < -0.4 is 11.1 Å². The first-order chi connectivity index (χ1) is 15.4. The van der Waals surface area contributed by atoms with Crippen LogP contribution in [0.2, 0.25) is 0 Å². The number of rotatable bonds is 5. The van der Waals surface area contributed by atoms with Gasteiger partial charge in [-0.15, -0.1) is 5.10 Å². The highest BCUT2D eigenvalue weighted by Crippen LogP contribution is 2.27. The normalized spacial score (nSPS) is 10.9. The molecule has 4 aromatic rings. The van der Waals surface area contributed by atoms with Crippen molar-refractivity contribution in [1.29, 1.82) is 0 Å². The van der Waals surface area contributed by atoms with Crippen LogP contribution in [0.4, 0.5) is 14.5 Å². The zero-order chi connectivity index (χ0) is 22.8. The Morgan fingerprint density at radius 1 is 1.12 bits per heavy atom. The molecule has 32 heavy (non-hydrogen) atoms. The number of amides is 1. The van der Waals surface area contributed by atoms with Crippen LogP contribution in [-0.4, -0.2) is 20.7 Å². The Morgan fingerprint density at radius 3 is 2.41 bits per heavy atom. The lowest BCUT2D eigenvalue weighted by atomic mass is 10.0. The Hall–Kier alpha value is -4.14. The van der Waals surface area contributed by atoms with E-state index in [4.69, 9.17) is 4.42 Å². The topological polar surface area (TPSA) is 90.0 Å². The van der Waals surface area contributed by atoms with Gasteiger partial charge in [0.25, 0.3) is 5.91 Å². The minimum Gasteiger partial charge on any atom is -0.388 e. The molecule has 0 fully saturated rings. The van der Waals surface area contributed by atoms with Crippen LogP contribution in [0.1, 0.15) is 22.8 Å². The van der Waals surface area contributed by atoms with Gasteiger partial charge in [-0.2, -0.15) is 4.68 Å². The first kappa shape index (κ1) is 21.1. The summed E-state index contributed by atoms with van der Waals surface area (Å²) >= 11 is 0. The van der Waals surface area contributed by atoms with Crippen LogP contribution in [0.5, 0.6) is 0 Å². The highest BCUT2D eigenvalue weighted by Gasteiger charge is 2.18. The van der Waals surface area contributed by atoms with Gasteiger partial charge < -0.3 is 9.73 Å². The van der Waals surface area contributed by atoms with E-state index in [1.54, 1.807) is 36.5 Å². The van der Waals surface area contributed by atoms with Crippen molar-refractivity contribution in [3.63, 3.8) is 0 Å². The standard InChI is InChI=1S/C23H18F2N4O3/c1-3-13-12-26-19(11-16(13)22-28-29(2)23(31)32-22)14-7-9-15(10-8-14)27-21(30)20-17(24)5-4-6-18(20)25/h4-12H,3H2,1-2H3,(H,27,30). The fraction of sp³-hybridized carbons (Fsp3) is 0.130. The third-order valence-electron chi connectivity index (χ3n) is 4.92. The second-order valence-electron chi connectivity index (χ2n) is 7.01. The van der Waals surface area contributed by atoms with Gasteiger partial charge in [0.05, 0.1) is 5.69 Å². The summed E-state index contributed by atoms with van der Waals surface area (Å²) in [5.74, 6) is -3.12. The minimum atomic E-state index is -0.937. The van der Waals surface area contributed by atoms with E-state index in [-0.39, 0.29) is 5.89 Å². The van der Waals surface area contributed by atoms with E-state index in [0.717, 1.165) is 27.9 Å². The molecule has 4 rings (SSSR count). The van der Waals surface area contributed by atoms with Gasteiger partial charge >= 0.3 is 5.76 Å². The molecule has 7 nitrogen and oxygen atoms in total. The minimum absolute atomic E-state index is 0.203. The van der Waals surface area contributed by atoms with E-state index >= 15 is 0 Å². The number of nitrogens with zero attached hydrogens (tertiary/aromatic N) is 3. The van der Waals surface area contributed by atoms with Crippen molar-refractivity contribution in [2.24, 2.45) is 7.05 Å². The van der Waals surface area contributed by atoms with E-state index in [2.05, 4.69) is 15.4 Å². The molecule has 0 aliphatic rings. The molecule has 0 saturated carbocycles. The smallest absolute Gasteiger partial charge is 0.388 e. The number of aryl methyl sites for hydroxylation is 2. The second kappa shape index (κ2) is 8.54. The number of halogens is 2. The molecule has 2 aromatic heterocycles. The number of anilines is 1. The molecule has 0 aliphatic carbocycles. The summed E-state index contributed by atoms with van der Waals surface area (Å²) in [6, 6.07) is 11.6. The van der Waals surface area contributed by atoms with Crippen LogP contribution in [0.3, 0.4) is 0 Å². The molecule has 0 aliphatic heterocycles. The Balaban J connectivity index is 1.61. The number of hydrogen-bond acceptors (Lipinski definition) is 5. The number of benzene rings is 2. The van der Waals surface area contributed by atoms with Crippen molar-refractivity contribution in [1.82, 2.24) is 14.8 Å². The predicted octanol–water partition coefficient (Wildman–Crippen LogP) is 4.20. The highest BCUT2D eigenvalue weighted by molar-refractivity contribution is 6.04. The van der Waals surface area contributed by atoms with Crippen molar-refractivity contribution < 1.29 is 18.0 Å². The van der Waals surface area contributed by atoms with Gasteiger partial charge in [-0.1, -0.05) is 25.1 Å². The zero-order valence-corrected chi connectivity index (χ0v) is 17.2. The number of pyridine rings is 1. The third-order valence-corrected chi connectivity index (χ3v) is 4.92. The van der Waals surface area contributed by atoms with Crippen LogP contribution in [0.15, 0.2) is 63.9 Å². The van der Waals surface area contributed by atoms with E-state index in [9.17, 15) is 18.4 Å². The maximum absolute atomic E-state index is 13.8. The lowest BCUT2D eigenvalue weighted by Gasteiger charge is -2.09. The summed E-state index contributed by atoms with van der Waals surface area (Å²) in [7, 11) is 1.50. The van der Waals surface area contributed by atoms with Crippen LogP contribution in [-0.2, 0) is 13.5 Å². The van der Waals surface area contributed by atoms with E-state index < -0.39 is 28.9 Å². The van der Waals surface area contributed by atoms with Gasteiger partial charge in [0.1, 0.15) is 17.2 Å². The van der Waals surface area contributed by atoms with Gasteiger partial charge in [0.15, 0.2) is 0 Å². The Labute approximate surface area is 181 Å². The molecule has 1 N–H and O–H groups in total. The fourth-order valence-electron chi connectivity index (χ4n) is 3.21. The first-order valence-electron chi connectivity index (χ1n) is 9.76. The summed E-state index contributed by atoms with van der Waals surface area (Å²) in [6.07, 6.45) is 2.36. The molecule has 162 valence electrons. The summed E-state index contributed by atoms with van der Waals surface area (Å²) in [5.41, 5.74) is 2.57. The molecule has 0 spiro atoms. The lowest BCUT2D eigenvalue weighted by Crippen LogP contribution is -2.15. The predicted molar refractivity (Wildman–Crippen MR) is 114 cm³/mol. The Bertz CT molecular complexity index is 1340. The van der Waals surface area contributed by atoms with Gasteiger partial charge in [-0.05, 0) is 42.3 Å². The molecule has 0 unspecified atom stereocenters. The zero-order valence-electron chi connectivity index (χ0n) is 17.2. The van der Waals surface area contributed by atoms with Gasteiger partial charge in [-0.3, -0.25) is 9.78 Å². The van der Waals surface area contributed by atoms with Crippen molar-refractivity contribution in [2.75, 3.05) is 5.32 Å². The molecule has 9 heteroatoms. The average molecular weight is 436 g/mol. The molecular formula is C23H18F2N4O3. The molecule has 2 aromatic carbocycles. The van der Waals surface area contributed by atoms with Crippen molar-refractivity contribution in [3.8, 4) is 22.7 Å². The average Bonchev–Trinajstić information content (AvgIpc) is 3.12. The number of hydrogen-bond donors (Lipinski definition) is 1. The monoisotopic (exact) mass is 436 g/mol. The summed E-state index contributed by atoms with van der Waals surface area (Å²) in [6.45, 7) is 1.96. The maximum Gasteiger partial charge on any atom is 0.437 e. The number of carbonyl (C=O) groups is 1. The molecular weight excluding hydrogens is 418 g/mol. The van der Waals surface area contributed by atoms with E-state index in [0.29, 0.717) is 23.4 Å². The number of aromatic nitrogens is 3. The maximum atomic E-state index is 13.8. The second-order valence-corrected chi connectivity index (χ2v) is 7.01. The van der Waals surface area contributed by atoms with Gasteiger partial charge in [0, 0.05) is 30.1 Å². The number of nitrogens with one attached hydrogen (secondary N) is 1. The van der Waals surface area contributed by atoms with Crippen molar-refractivity contribution in [3.05, 3.63) is 88.0 Å². The highest BCUT2D eigenvalue weighted by atomic mass is 19.1. The van der Waals surface area contributed by atoms with E-state index in [1.807, 2.05) is 6.92 Å². The van der Waals surface area contributed by atoms with Gasteiger partial charge in [0.2, 0.25) is 5.89 Å². The van der Waals surface area contributed by atoms with Crippen molar-refractivity contribution in [2.45, 2.75) is 13.3 Å². The summed E-state index contributed by atoms with van der Waals surface area (Å²) in [5, 5.41) is 6.60.